The summed E-state index contributed by atoms with van der Waals surface area (Å²) in [5.74, 6) is 1.23. The van der Waals surface area contributed by atoms with Crippen LogP contribution in [0.15, 0.2) is 18.2 Å². The molecule has 0 spiro atoms. The molecule has 2 unspecified atom stereocenters. The van der Waals surface area contributed by atoms with Crippen molar-refractivity contribution in [2.75, 3.05) is 18.0 Å². The number of hydrogen-bond donors (Lipinski definition) is 1. The number of piperidine rings is 1. The lowest BCUT2D eigenvalue weighted by molar-refractivity contribution is 0.102. The first-order valence-corrected chi connectivity index (χ1v) is 5.60. The molecule has 82 valence electrons. The Morgan fingerprint density at radius 1 is 1.53 bits per heavy atom. The molecule has 1 N–H and O–H groups in total. The van der Waals surface area contributed by atoms with Gasteiger partial charge in [0.1, 0.15) is 11.0 Å². The minimum Gasteiger partial charge on any atom is -0.391 e. The molecule has 1 aliphatic rings. The van der Waals surface area contributed by atoms with Crippen LogP contribution in [0.2, 0.25) is 5.15 Å². The normalized spacial score (nSPS) is 26.7. The maximum absolute atomic E-state index is 9.78. The highest BCUT2D eigenvalue weighted by atomic mass is 35.5. The standard InChI is InChI=1S/C11H15ClN2O/c1-8-5-6-14(7-9(8)15)11-4-2-3-10(12)13-11/h2-4,8-9,15H,5-7H2,1H3. The molecule has 0 aromatic carbocycles. The Morgan fingerprint density at radius 3 is 3.00 bits per heavy atom. The van der Waals surface area contributed by atoms with Crippen LogP contribution in [0.1, 0.15) is 13.3 Å². The first kappa shape index (κ1) is 10.7. The average molecular weight is 227 g/mol. The molecule has 3 nitrogen and oxygen atoms in total. The van der Waals surface area contributed by atoms with E-state index in [1.165, 1.54) is 0 Å². The number of aliphatic hydroxyl groups is 1. The van der Waals surface area contributed by atoms with E-state index in [1.54, 1.807) is 6.07 Å². The average Bonchev–Trinajstić information content (AvgIpc) is 2.22. The zero-order valence-electron chi connectivity index (χ0n) is 8.73. The van der Waals surface area contributed by atoms with Crippen LogP contribution in [0.5, 0.6) is 0 Å². The van der Waals surface area contributed by atoms with Gasteiger partial charge in [-0.05, 0) is 24.5 Å². The monoisotopic (exact) mass is 226 g/mol. The molecule has 2 atom stereocenters. The molecular formula is C11H15ClN2O. The molecule has 1 aliphatic heterocycles. The van der Waals surface area contributed by atoms with Gasteiger partial charge in [0.2, 0.25) is 0 Å². The van der Waals surface area contributed by atoms with Crippen LogP contribution >= 0.6 is 11.6 Å². The molecule has 4 heteroatoms. The van der Waals surface area contributed by atoms with E-state index >= 15 is 0 Å². The Balaban J connectivity index is 2.12. The van der Waals surface area contributed by atoms with Gasteiger partial charge in [0, 0.05) is 13.1 Å². The van der Waals surface area contributed by atoms with Gasteiger partial charge in [-0.2, -0.15) is 0 Å². The third kappa shape index (κ3) is 2.41. The lowest BCUT2D eigenvalue weighted by Gasteiger charge is -2.35. The van der Waals surface area contributed by atoms with Crippen molar-refractivity contribution < 1.29 is 5.11 Å². The summed E-state index contributed by atoms with van der Waals surface area (Å²) in [5, 5.41) is 10.3. The second kappa shape index (κ2) is 4.37. The fourth-order valence-electron chi connectivity index (χ4n) is 1.83. The summed E-state index contributed by atoms with van der Waals surface area (Å²) in [4.78, 5) is 6.32. The van der Waals surface area contributed by atoms with Crippen molar-refractivity contribution in [3.05, 3.63) is 23.4 Å². The van der Waals surface area contributed by atoms with Gasteiger partial charge in [-0.15, -0.1) is 0 Å². The highest BCUT2D eigenvalue weighted by Crippen LogP contribution is 2.22. The van der Waals surface area contributed by atoms with E-state index < -0.39 is 0 Å². The fourth-order valence-corrected chi connectivity index (χ4v) is 1.99. The summed E-state index contributed by atoms with van der Waals surface area (Å²) < 4.78 is 0. The molecule has 1 aromatic rings. The predicted octanol–water partition coefficient (Wildman–Crippen LogP) is 1.94. The Bertz CT molecular complexity index is 345. The van der Waals surface area contributed by atoms with Gasteiger partial charge < -0.3 is 10.0 Å². The van der Waals surface area contributed by atoms with E-state index in [-0.39, 0.29) is 6.10 Å². The molecule has 0 aliphatic carbocycles. The third-order valence-corrected chi connectivity index (χ3v) is 3.15. The van der Waals surface area contributed by atoms with Gasteiger partial charge in [-0.3, -0.25) is 0 Å². The minimum atomic E-state index is -0.264. The van der Waals surface area contributed by atoms with Crippen LogP contribution in [0.3, 0.4) is 0 Å². The molecule has 0 amide bonds. The van der Waals surface area contributed by atoms with E-state index in [0.29, 0.717) is 17.6 Å². The molecule has 2 rings (SSSR count). The summed E-state index contributed by atoms with van der Waals surface area (Å²) in [7, 11) is 0. The minimum absolute atomic E-state index is 0.264. The Hall–Kier alpha value is -0.800. The topological polar surface area (TPSA) is 36.4 Å². The van der Waals surface area contributed by atoms with Gasteiger partial charge in [0.05, 0.1) is 6.10 Å². The third-order valence-electron chi connectivity index (χ3n) is 2.94. The van der Waals surface area contributed by atoms with Crippen LogP contribution in [-0.2, 0) is 0 Å². The number of rotatable bonds is 1. The molecule has 1 fully saturated rings. The largest absolute Gasteiger partial charge is 0.391 e. The van der Waals surface area contributed by atoms with Crippen molar-refractivity contribution in [2.24, 2.45) is 5.92 Å². The van der Waals surface area contributed by atoms with Gasteiger partial charge in [-0.25, -0.2) is 4.98 Å². The zero-order valence-corrected chi connectivity index (χ0v) is 9.48. The van der Waals surface area contributed by atoms with E-state index in [9.17, 15) is 5.11 Å². The molecule has 1 aromatic heterocycles. The van der Waals surface area contributed by atoms with Gasteiger partial charge >= 0.3 is 0 Å². The zero-order chi connectivity index (χ0) is 10.8. The van der Waals surface area contributed by atoms with Gasteiger partial charge in [-0.1, -0.05) is 24.6 Å². The number of hydrogen-bond acceptors (Lipinski definition) is 3. The van der Waals surface area contributed by atoms with E-state index in [0.717, 1.165) is 18.8 Å². The molecule has 2 heterocycles. The summed E-state index contributed by atoms with van der Waals surface area (Å²) in [6.45, 7) is 3.66. The molecule has 0 bridgehead atoms. The highest BCUT2D eigenvalue weighted by Gasteiger charge is 2.24. The Kier molecular flexibility index (Phi) is 3.12. The summed E-state index contributed by atoms with van der Waals surface area (Å²) >= 11 is 5.83. The maximum atomic E-state index is 9.78. The van der Waals surface area contributed by atoms with Gasteiger partial charge in [0.25, 0.3) is 0 Å². The van der Waals surface area contributed by atoms with Crippen LogP contribution < -0.4 is 4.90 Å². The van der Waals surface area contributed by atoms with Crippen LogP contribution in [0, 0.1) is 5.92 Å². The molecule has 15 heavy (non-hydrogen) atoms. The first-order valence-electron chi connectivity index (χ1n) is 5.22. The lowest BCUT2D eigenvalue weighted by Crippen LogP contribution is -2.43. The Morgan fingerprint density at radius 2 is 2.33 bits per heavy atom. The van der Waals surface area contributed by atoms with Crippen LogP contribution in [-0.4, -0.2) is 29.3 Å². The van der Waals surface area contributed by atoms with Crippen molar-refractivity contribution in [1.82, 2.24) is 4.98 Å². The van der Waals surface area contributed by atoms with Crippen LogP contribution in [0.4, 0.5) is 5.82 Å². The molecular weight excluding hydrogens is 212 g/mol. The quantitative estimate of drug-likeness (QED) is 0.744. The second-order valence-corrected chi connectivity index (χ2v) is 4.49. The maximum Gasteiger partial charge on any atom is 0.131 e. The molecule has 1 saturated heterocycles. The summed E-state index contributed by atoms with van der Waals surface area (Å²) in [5.41, 5.74) is 0. The van der Waals surface area contributed by atoms with E-state index in [1.807, 2.05) is 12.1 Å². The number of β-amino-alcohol motifs (C(OH)–C–C–N with tert-alkyl or cyclic N) is 1. The van der Waals surface area contributed by atoms with Crippen molar-refractivity contribution in [3.63, 3.8) is 0 Å². The molecule has 0 saturated carbocycles. The summed E-state index contributed by atoms with van der Waals surface area (Å²) in [6, 6.07) is 5.57. The first-order chi connectivity index (χ1) is 7.16. The number of pyridine rings is 1. The highest BCUT2D eigenvalue weighted by molar-refractivity contribution is 6.29. The Labute approximate surface area is 94.7 Å². The van der Waals surface area contributed by atoms with Crippen molar-refractivity contribution in [1.29, 1.82) is 0 Å². The van der Waals surface area contributed by atoms with Crippen molar-refractivity contribution >= 4 is 17.4 Å². The second-order valence-electron chi connectivity index (χ2n) is 4.10. The van der Waals surface area contributed by atoms with E-state index in [2.05, 4.69) is 16.8 Å². The molecule has 0 radical (unpaired) electrons. The SMILES string of the molecule is CC1CCN(c2cccc(Cl)n2)CC1O. The van der Waals surface area contributed by atoms with Gasteiger partial charge in [0.15, 0.2) is 0 Å². The number of nitrogens with zero attached hydrogens (tertiary/aromatic N) is 2. The smallest absolute Gasteiger partial charge is 0.131 e. The lowest BCUT2D eigenvalue weighted by atomic mass is 9.96. The predicted molar refractivity (Wildman–Crippen MR) is 61.2 cm³/mol. The van der Waals surface area contributed by atoms with Crippen molar-refractivity contribution in [2.45, 2.75) is 19.4 Å². The summed E-state index contributed by atoms with van der Waals surface area (Å²) in [6.07, 6.45) is 0.731. The number of aliphatic hydroxyl groups excluding tert-OH is 1. The number of aromatic nitrogens is 1. The van der Waals surface area contributed by atoms with Crippen LogP contribution in [0.25, 0.3) is 0 Å². The van der Waals surface area contributed by atoms with E-state index in [4.69, 9.17) is 11.6 Å². The number of halogens is 1. The fraction of sp³-hybridized carbons (Fsp3) is 0.545. The van der Waals surface area contributed by atoms with Crippen molar-refractivity contribution in [3.8, 4) is 0 Å². The number of anilines is 1.